The van der Waals surface area contributed by atoms with Crippen LogP contribution in [-0.4, -0.2) is 36.9 Å². The van der Waals surface area contributed by atoms with Crippen molar-refractivity contribution in [2.75, 3.05) is 0 Å². The second-order valence-corrected chi connectivity index (χ2v) is 12.2. The Labute approximate surface area is 265 Å². The summed E-state index contributed by atoms with van der Waals surface area (Å²) in [5.41, 5.74) is 2.63. The van der Waals surface area contributed by atoms with Crippen LogP contribution in [0.5, 0.6) is 0 Å². The van der Waals surface area contributed by atoms with Crippen LogP contribution in [-0.2, 0) is 11.3 Å². The monoisotopic (exact) mass is 628 g/mol. The molecule has 0 saturated heterocycles. The molecular formula is C35H40N4O7. The van der Waals surface area contributed by atoms with E-state index in [0.29, 0.717) is 16.7 Å². The van der Waals surface area contributed by atoms with E-state index in [0.717, 1.165) is 26.8 Å². The van der Waals surface area contributed by atoms with Crippen LogP contribution in [0.4, 0.5) is 0 Å². The minimum absolute atomic E-state index is 0.0102. The lowest BCUT2D eigenvalue weighted by atomic mass is 9.95. The molecule has 0 aliphatic carbocycles. The molecule has 2 aromatic heterocycles. The summed E-state index contributed by atoms with van der Waals surface area (Å²) in [5.74, 6) is -1.50. The van der Waals surface area contributed by atoms with Crippen LogP contribution in [0.1, 0.15) is 112 Å². The number of carbonyl (C=O) groups excluding carboxylic acids is 3. The highest BCUT2D eigenvalue weighted by Gasteiger charge is 2.25. The molecule has 0 spiro atoms. The summed E-state index contributed by atoms with van der Waals surface area (Å²) >= 11 is 0. The Hall–Kier alpha value is -5.19. The zero-order chi connectivity index (χ0) is 34.6. The summed E-state index contributed by atoms with van der Waals surface area (Å²) in [5, 5.41) is 0. The quantitative estimate of drug-likeness (QED) is 0.246. The highest BCUT2D eigenvalue weighted by Crippen LogP contribution is 2.20. The van der Waals surface area contributed by atoms with Gasteiger partial charge in [0.1, 0.15) is 11.5 Å². The van der Waals surface area contributed by atoms with Crippen molar-refractivity contribution in [2.45, 2.75) is 80.7 Å². The van der Waals surface area contributed by atoms with E-state index in [2.05, 4.69) is 15.0 Å². The second-order valence-electron chi connectivity index (χ2n) is 12.2. The van der Waals surface area contributed by atoms with Gasteiger partial charge in [-0.3, -0.25) is 38.5 Å². The van der Waals surface area contributed by atoms with Crippen molar-refractivity contribution in [1.82, 2.24) is 19.5 Å². The van der Waals surface area contributed by atoms with Crippen LogP contribution in [0.15, 0.2) is 55.6 Å². The maximum Gasteiger partial charge on any atom is 0.329 e. The SMILES string of the molecule is CC(=O)Cn1c(C(=O)c2cc(C)cc(C)c2)c(C(C)C)c(=O)[nH]c1=O.Cc1cc(C)cc(C(=O)c2[nH]c(=O)[nH]c(=O)c2C(C)C)c1. The molecule has 3 N–H and O–H groups in total. The number of aryl methyl sites for hydroxylation is 4. The summed E-state index contributed by atoms with van der Waals surface area (Å²) in [7, 11) is 0. The first-order valence-corrected chi connectivity index (χ1v) is 14.9. The molecule has 0 unspecified atom stereocenters. The largest absolute Gasteiger partial charge is 0.329 e. The number of ketones is 3. The minimum atomic E-state index is -0.752. The number of carbonyl (C=O) groups is 3. The molecular weight excluding hydrogens is 588 g/mol. The van der Waals surface area contributed by atoms with Gasteiger partial charge in [0.2, 0.25) is 11.6 Å². The molecule has 0 amide bonds. The third kappa shape index (κ3) is 8.09. The molecule has 0 saturated carbocycles. The van der Waals surface area contributed by atoms with Crippen molar-refractivity contribution in [1.29, 1.82) is 0 Å². The third-order valence-corrected chi connectivity index (χ3v) is 7.16. The minimum Gasteiger partial charge on any atom is -0.304 e. The fourth-order valence-corrected chi connectivity index (χ4v) is 5.46. The number of H-pyrrole nitrogens is 3. The topological polar surface area (TPSA) is 172 Å². The zero-order valence-corrected chi connectivity index (χ0v) is 27.6. The van der Waals surface area contributed by atoms with E-state index in [4.69, 9.17) is 0 Å². The average molecular weight is 629 g/mol. The highest BCUT2D eigenvalue weighted by atomic mass is 16.2. The first kappa shape index (κ1) is 35.3. The number of rotatable bonds is 8. The van der Waals surface area contributed by atoms with Gasteiger partial charge in [0.25, 0.3) is 11.1 Å². The Morgan fingerprint density at radius 1 is 0.630 bits per heavy atom. The van der Waals surface area contributed by atoms with Crippen LogP contribution in [0.2, 0.25) is 0 Å². The molecule has 2 heterocycles. The highest BCUT2D eigenvalue weighted by molar-refractivity contribution is 6.09. The van der Waals surface area contributed by atoms with Gasteiger partial charge in [0.05, 0.1) is 12.2 Å². The lowest BCUT2D eigenvalue weighted by Crippen LogP contribution is -2.39. The predicted octanol–water partition coefficient (Wildman–Crippen LogP) is 4.13. The van der Waals surface area contributed by atoms with Crippen LogP contribution >= 0.6 is 0 Å². The van der Waals surface area contributed by atoms with Crippen LogP contribution in [0.25, 0.3) is 0 Å². The van der Waals surface area contributed by atoms with E-state index in [1.54, 1.807) is 52.0 Å². The number of aromatic amines is 3. The number of Topliss-reactive ketones (excluding diaryl/α,β-unsaturated/α-hetero) is 1. The van der Waals surface area contributed by atoms with Crippen molar-refractivity contribution >= 4 is 17.3 Å². The Morgan fingerprint density at radius 3 is 1.50 bits per heavy atom. The normalized spacial score (nSPS) is 10.9. The molecule has 4 aromatic rings. The fraction of sp³-hybridized carbons (Fsp3) is 0.343. The van der Waals surface area contributed by atoms with Gasteiger partial charge in [0.15, 0.2) is 0 Å². The Bertz CT molecular complexity index is 2030. The molecule has 46 heavy (non-hydrogen) atoms. The van der Waals surface area contributed by atoms with E-state index in [9.17, 15) is 33.6 Å². The molecule has 4 rings (SSSR count). The van der Waals surface area contributed by atoms with Crippen LogP contribution < -0.4 is 22.5 Å². The Morgan fingerprint density at radius 2 is 1.07 bits per heavy atom. The van der Waals surface area contributed by atoms with Crippen LogP contribution in [0.3, 0.4) is 0 Å². The molecule has 11 nitrogen and oxygen atoms in total. The standard InChI is InChI=1S/C19H22N2O4.C16H18N2O3/c1-10(2)15-16(17(23)14-7-11(3)6-12(4)8-14)21(9-13(5)22)19(25)20-18(15)24;1-8(2)12-13(17-16(21)18-15(12)20)14(19)11-6-9(3)5-10(4)7-11/h6-8,10H,9H2,1-5H3,(H,20,24,25);5-8H,1-4H3,(H2,17,18,20,21). The summed E-state index contributed by atoms with van der Waals surface area (Å²) in [6.45, 7) is 15.8. The first-order valence-electron chi connectivity index (χ1n) is 14.9. The lowest BCUT2D eigenvalue weighted by Gasteiger charge is -2.17. The number of nitrogens with one attached hydrogen (secondary N) is 3. The summed E-state index contributed by atoms with van der Waals surface area (Å²) in [6, 6.07) is 10.8. The van der Waals surface area contributed by atoms with Crippen molar-refractivity contribution in [3.63, 3.8) is 0 Å². The number of benzene rings is 2. The number of nitrogens with zero attached hydrogens (tertiary/aromatic N) is 1. The molecule has 242 valence electrons. The van der Waals surface area contributed by atoms with Crippen LogP contribution in [0, 0.1) is 27.7 Å². The maximum atomic E-state index is 13.2. The predicted molar refractivity (Wildman–Crippen MR) is 177 cm³/mol. The maximum absolute atomic E-state index is 13.2. The number of aromatic nitrogens is 4. The fourth-order valence-electron chi connectivity index (χ4n) is 5.46. The van der Waals surface area contributed by atoms with E-state index in [1.807, 2.05) is 39.8 Å². The van der Waals surface area contributed by atoms with Crippen molar-refractivity contribution in [2.24, 2.45) is 0 Å². The second kappa shape index (κ2) is 14.3. The molecule has 0 radical (unpaired) electrons. The van der Waals surface area contributed by atoms with E-state index >= 15 is 0 Å². The Balaban J connectivity index is 0.000000254. The molecule has 0 aliphatic rings. The van der Waals surface area contributed by atoms with Crippen molar-refractivity contribution in [3.05, 3.63) is 134 Å². The van der Waals surface area contributed by atoms with Gasteiger partial charge in [-0.1, -0.05) is 62.1 Å². The molecule has 2 aromatic carbocycles. The molecule has 0 bridgehead atoms. The van der Waals surface area contributed by atoms with Crippen molar-refractivity contribution < 1.29 is 14.4 Å². The summed E-state index contributed by atoms with van der Waals surface area (Å²) in [4.78, 5) is 92.2. The zero-order valence-electron chi connectivity index (χ0n) is 27.6. The smallest absolute Gasteiger partial charge is 0.304 e. The Kier molecular flexibility index (Phi) is 11.0. The van der Waals surface area contributed by atoms with E-state index in [-0.39, 0.29) is 46.9 Å². The molecule has 0 fully saturated rings. The van der Waals surface area contributed by atoms with E-state index < -0.39 is 28.3 Å². The van der Waals surface area contributed by atoms with Gasteiger partial charge in [0, 0.05) is 22.3 Å². The van der Waals surface area contributed by atoms with E-state index in [1.165, 1.54) is 6.92 Å². The van der Waals surface area contributed by atoms with Gasteiger partial charge < -0.3 is 4.98 Å². The van der Waals surface area contributed by atoms with Gasteiger partial charge in [-0.05, 0) is 70.7 Å². The lowest BCUT2D eigenvalue weighted by molar-refractivity contribution is -0.117. The van der Waals surface area contributed by atoms with Gasteiger partial charge in [-0.25, -0.2) is 9.59 Å². The average Bonchev–Trinajstić information content (AvgIpc) is 2.91. The first-order chi connectivity index (χ1) is 21.4. The number of hydrogen-bond acceptors (Lipinski definition) is 7. The van der Waals surface area contributed by atoms with Gasteiger partial charge in [-0.2, -0.15) is 0 Å². The van der Waals surface area contributed by atoms with Crippen molar-refractivity contribution in [3.8, 4) is 0 Å². The molecule has 0 atom stereocenters. The summed E-state index contributed by atoms with van der Waals surface area (Å²) in [6.07, 6.45) is 0. The number of hydrogen-bond donors (Lipinski definition) is 3. The third-order valence-electron chi connectivity index (χ3n) is 7.16. The summed E-state index contributed by atoms with van der Waals surface area (Å²) < 4.78 is 1.07. The van der Waals surface area contributed by atoms with Gasteiger partial charge in [-0.15, -0.1) is 0 Å². The molecule has 0 aliphatic heterocycles. The van der Waals surface area contributed by atoms with Gasteiger partial charge >= 0.3 is 11.4 Å². The molecule has 11 heteroatoms.